The van der Waals surface area contributed by atoms with E-state index < -0.39 is 11.9 Å². The van der Waals surface area contributed by atoms with Gasteiger partial charge in [-0.2, -0.15) is 10.2 Å². The Kier molecular flexibility index (Phi) is 7.63. The first-order chi connectivity index (χ1) is 17.4. The normalized spacial score (nSPS) is 18.4. The number of nitrogens with one attached hydrogen (secondary N) is 2. The van der Waals surface area contributed by atoms with E-state index in [2.05, 4.69) is 26.3 Å². The largest absolute Gasteiger partial charge is 0.481 e. The van der Waals surface area contributed by atoms with Crippen LogP contribution in [0, 0.1) is 28.6 Å². The number of hydrogen-bond acceptors (Lipinski definition) is 9. The number of rotatable bonds is 8. The zero-order chi connectivity index (χ0) is 25.7. The van der Waals surface area contributed by atoms with E-state index in [0.29, 0.717) is 24.7 Å². The molecule has 1 unspecified atom stereocenters. The molecule has 188 valence electrons. The molecule has 0 saturated carbocycles. The van der Waals surface area contributed by atoms with Gasteiger partial charge in [0.2, 0.25) is 5.95 Å². The number of nitrogens with two attached hydrogens (primary N) is 1. The summed E-state index contributed by atoms with van der Waals surface area (Å²) in [7, 11) is 0. The van der Waals surface area contributed by atoms with E-state index >= 15 is 0 Å². The monoisotopic (exact) mass is 490 g/mol. The van der Waals surface area contributed by atoms with Gasteiger partial charge in [-0.25, -0.2) is 4.98 Å². The summed E-state index contributed by atoms with van der Waals surface area (Å²) in [4.78, 5) is 36.3. The first-order valence-electron chi connectivity index (χ1n) is 12.1. The maximum absolute atomic E-state index is 12.2. The van der Waals surface area contributed by atoms with Gasteiger partial charge in [0.25, 0.3) is 5.91 Å². The number of carboxylic acids is 1. The maximum Gasteiger partial charge on any atom is 0.303 e. The van der Waals surface area contributed by atoms with E-state index in [1.807, 2.05) is 29.2 Å². The van der Waals surface area contributed by atoms with Crippen molar-refractivity contribution in [3.63, 3.8) is 0 Å². The van der Waals surface area contributed by atoms with E-state index in [4.69, 9.17) is 16.2 Å². The second-order valence-corrected chi connectivity index (χ2v) is 9.26. The Morgan fingerprint density at radius 1 is 1.17 bits per heavy atom. The molecule has 2 aliphatic heterocycles. The molecule has 11 nitrogen and oxygen atoms in total. The average molecular weight is 491 g/mol. The third-order valence-corrected chi connectivity index (χ3v) is 6.77. The Labute approximate surface area is 209 Å². The molecule has 2 saturated heterocycles. The van der Waals surface area contributed by atoms with E-state index in [9.17, 15) is 14.9 Å². The van der Waals surface area contributed by atoms with Gasteiger partial charge in [0, 0.05) is 50.2 Å². The number of nitrogens with zero attached hydrogens (tertiary/aromatic N) is 5. The molecule has 2 aliphatic rings. The summed E-state index contributed by atoms with van der Waals surface area (Å²) < 4.78 is 0. The number of carbonyl (C=O) groups is 2. The van der Waals surface area contributed by atoms with Crippen LogP contribution in [0.5, 0.6) is 0 Å². The summed E-state index contributed by atoms with van der Waals surface area (Å²) in [5.41, 5.74) is 7.49. The van der Waals surface area contributed by atoms with Crippen molar-refractivity contribution in [2.24, 2.45) is 17.6 Å². The molecule has 0 aliphatic carbocycles. The van der Waals surface area contributed by atoms with Crippen LogP contribution in [0.3, 0.4) is 0 Å². The highest BCUT2D eigenvalue weighted by atomic mass is 16.4. The molecule has 2 aromatic rings. The standard InChI is InChI=1S/C25H30N8O3/c26-13-17-2-1-9-33(15-17)25-30-20(14-27)22(23(28)36)24(31-25)29-18-3-5-19(6-4-18)32-10-7-16(8-11-32)12-21(34)35/h3-6,14,16-17,27H,1-2,7-12,15H2,(H2,28,36)(H,34,35)(H,29,30,31). The predicted molar refractivity (Wildman–Crippen MR) is 136 cm³/mol. The van der Waals surface area contributed by atoms with E-state index in [0.717, 1.165) is 50.7 Å². The second-order valence-electron chi connectivity index (χ2n) is 9.26. The first-order valence-corrected chi connectivity index (χ1v) is 12.1. The van der Waals surface area contributed by atoms with Gasteiger partial charge in [-0.15, -0.1) is 0 Å². The number of aliphatic carboxylic acids is 1. The number of hydrogen-bond donors (Lipinski definition) is 4. The minimum atomic E-state index is -0.747. The van der Waals surface area contributed by atoms with Crippen molar-refractivity contribution in [3.05, 3.63) is 35.5 Å². The molecule has 5 N–H and O–H groups in total. The van der Waals surface area contributed by atoms with Crippen molar-refractivity contribution in [3.8, 4) is 6.07 Å². The van der Waals surface area contributed by atoms with Crippen LogP contribution in [0.2, 0.25) is 0 Å². The van der Waals surface area contributed by atoms with Crippen LogP contribution < -0.4 is 20.9 Å². The smallest absolute Gasteiger partial charge is 0.303 e. The van der Waals surface area contributed by atoms with Gasteiger partial charge < -0.3 is 31.4 Å². The molecule has 1 atom stereocenters. The number of piperidine rings is 2. The highest BCUT2D eigenvalue weighted by molar-refractivity contribution is 6.04. The fourth-order valence-electron chi connectivity index (χ4n) is 4.84. The van der Waals surface area contributed by atoms with Crippen LogP contribution >= 0.6 is 0 Å². The summed E-state index contributed by atoms with van der Waals surface area (Å²) in [6.45, 7) is 2.77. The summed E-state index contributed by atoms with van der Waals surface area (Å²) in [6, 6.07) is 9.98. The minimum absolute atomic E-state index is 0.0344. The molecule has 0 bridgehead atoms. The lowest BCUT2D eigenvalue weighted by molar-refractivity contribution is -0.138. The van der Waals surface area contributed by atoms with Gasteiger partial charge in [-0.3, -0.25) is 9.59 Å². The summed E-state index contributed by atoms with van der Waals surface area (Å²) in [6.07, 6.45) is 4.53. The lowest BCUT2D eigenvalue weighted by Gasteiger charge is -2.33. The Morgan fingerprint density at radius 2 is 1.89 bits per heavy atom. The molecule has 0 radical (unpaired) electrons. The van der Waals surface area contributed by atoms with Crippen molar-refractivity contribution < 1.29 is 14.7 Å². The van der Waals surface area contributed by atoms with Gasteiger partial charge in [-0.1, -0.05) is 0 Å². The molecule has 4 rings (SSSR count). The Bertz CT molecular complexity index is 1170. The summed E-state index contributed by atoms with van der Waals surface area (Å²) in [5, 5.41) is 29.3. The number of aromatic nitrogens is 2. The van der Waals surface area contributed by atoms with Crippen molar-refractivity contribution in [1.82, 2.24) is 9.97 Å². The zero-order valence-corrected chi connectivity index (χ0v) is 20.0. The number of carboxylic acid groups (broad SMARTS) is 1. The van der Waals surface area contributed by atoms with Gasteiger partial charge >= 0.3 is 5.97 Å². The highest BCUT2D eigenvalue weighted by Crippen LogP contribution is 2.29. The number of benzene rings is 1. The van der Waals surface area contributed by atoms with Crippen LogP contribution in [0.1, 0.15) is 48.2 Å². The Morgan fingerprint density at radius 3 is 2.50 bits per heavy atom. The van der Waals surface area contributed by atoms with Crippen LogP contribution in [-0.2, 0) is 4.79 Å². The Hall–Kier alpha value is -4.20. The van der Waals surface area contributed by atoms with Crippen LogP contribution in [-0.4, -0.2) is 59.3 Å². The molecule has 2 fully saturated rings. The van der Waals surface area contributed by atoms with Crippen LogP contribution in [0.25, 0.3) is 0 Å². The molecular weight excluding hydrogens is 460 g/mol. The lowest BCUT2D eigenvalue weighted by Crippen LogP contribution is -2.36. The molecule has 1 amide bonds. The number of primary amides is 1. The fourth-order valence-corrected chi connectivity index (χ4v) is 4.84. The average Bonchev–Trinajstić information content (AvgIpc) is 2.88. The van der Waals surface area contributed by atoms with E-state index in [1.54, 1.807) is 0 Å². The van der Waals surface area contributed by atoms with Crippen molar-refractivity contribution in [2.75, 3.05) is 41.3 Å². The van der Waals surface area contributed by atoms with Gasteiger partial charge in [0.05, 0.1) is 12.0 Å². The molecule has 1 aromatic carbocycles. The van der Waals surface area contributed by atoms with Gasteiger partial charge in [0.15, 0.2) is 0 Å². The third-order valence-electron chi connectivity index (χ3n) is 6.77. The predicted octanol–water partition coefficient (Wildman–Crippen LogP) is 2.75. The first kappa shape index (κ1) is 24.9. The quantitative estimate of drug-likeness (QED) is 0.406. The molecule has 3 heterocycles. The third kappa shape index (κ3) is 5.71. The maximum atomic E-state index is 12.2. The van der Waals surface area contributed by atoms with Crippen molar-refractivity contribution in [1.29, 1.82) is 10.7 Å². The van der Waals surface area contributed by atoms with Crippen LogP contribution in [0.4, 0.5) is 23.1 Å². The topological polar surface area (TPSA) is 172 Å². The number of amides is 1. The second kappa shape index (κ2) is 11.0. The molecular formula is C25H30N8O3. The molecule has 1 aromatic heterocycles. The zero-order valence-electron chi connectivity index (χ0n) is 20.0. The van der Waals surface area contributed by atoms with Gasteiger partial charge in [0.1, 0.15) is 17.1 Å². The summed E-state index contributed by atoms with van der Waals surface area (Å²) in [5.74, 6) is -0.834. The summed E-state index contributed by atoms with van der Waals surface area (Å²) >= 11 is 0. The van der Waals surface area contributed by atoms with Crippen molar-refractivity contribution >= 4 is 41.2 Å². The highest BCUT2D eigenvalue weighted by Gasteiger charge is 2.26. The van der Waals surface area contributed by atoms with Crippen LogP contribution in [0.15, 0.2) is 24.3 Å². The molecule has 0 spiro atoms. The minimum Gasteiger partial charge on any atom is -0.481 e. The fraction of sp³-hybridized carbons (Fsp3) is 0.440. The number of carbonyl (C=O) groups excluding carboxylic acids is 1. The van der Waals surface area contributed by atoms with E-state index in [1.165, 1.54) is 0 Å². The lowest BCUT2D eigenvalue weighted by atomic mass is 9.93. The van der Waals surface area contributed by atoms with E-state index in [-0.39, 0.29) is 35.3 Å². The van der Waals surface area contributed by atoms with Crippen molar-refractivity contribution in [2.45, 2.75) is 32.1 Å². The Balaban J connectivity index is 1.53. The number of nitriles is 1. The SMILES string of the molecule is N#CC1CCCN(c2nc(C=N)c(C(N)=O)c(Nc3ccc(N4CCC(CC(=O)O)CC4)cc3)n2)C1. The molecule has 11 heteroatoms. The molecule has 36 heavy (non-hydrogen) atoms. The van der Waals surface area contributed by atoms with Gasteiger partial charge in [-0.05, 0) is 55.9 Å². The number of anilines is 4.